The monoisotopic (exact) mass is 401 g/mol. The first kappa shape index (κ1) is 19.1. The van der Waals surface area contributed by atoms with Crippen molar-refractivity contribution in [2.24, 2.45) is 5.10 Å². The third-order valence-electron chi connectivity index (χ3n) is 4.76. The molecule has 3 N–H and O–H groups in total. The van der Waals surface area contributed by atoms with Gasteiger partial charge in [0, 0.05) is 17.0 Å². The molecule has 8 nitrogen and oxygen atoms in total. The first-order chi connectivity index (χ1) is 14.5. The molecule has 0 spiro atoms. The molecule has 0 saturated carbocycles. The van der Waals surface area contributed by atoms with Crippen LogP contribution in [0.25, 0.3) is 0 Å². The minimum atomic E-state index is -0.431. The highest BCUT2D eigenvalue weighted by Gasteiger charge is 2.22. The van der Waals surface area contributed by atoms with Gasteiger partial charge in [-0.05, 0) is 52.7 Å². The van der Waals surface area contributed by atoms with Crippen LogP contribution in [0.1, 0.15) is 34.0 Å². The van der Waals surface area contributed by atoms with E-state index < -0.39 is 5.92 Å². The SMILES string of the molecule is Cc1nnnn1N=Cc1ccc(C(c2ccc(O)cc2)c2ccccc2O)c(O)c1. The van der Waals surface area contributed by atoms with Gasteiger partial charge < -0.3 is 15.3 Å². The second-order valence-electron chi connectivity index (χ2n) is 6.76. The Balaban J connectivity index is 1.75. The average molecular weight is 401 g/mol. The Morgan fingerprint density at radius 1 is 0.900 bits per heavy atom. The van der Waals surface area contributed by atoms with Crippen LogP contribution in [0.2, 0.25) is 0 Å². The zero-order valence-corrected chi connectivity index (χ0v) is 16.1. The Morgan fingerprint density at radius 3 is 2.30 bits per heavy atom. The number of phenols is 3. The molecule has 0 bridgehead atoms. The largest absolute Gasteiger partial charge is 0.508 e. The number of nitrogens with zero attached hydrogens (tertiary/aromatic N) is 5. The molecule has 1 unspecified atom stereocenters. The van der Waals surface area contributed by atoms with Gasteiger partial charge in [-0.25, -0.2) is 0 Å². The van der Waals surface area contributed by atoms with Crippen molar-refractivity contribution in [3.8, 4) is 17.2 Å². The summed E-state index contributed by atoms with van der Waals surface area (Å²) in [4.78, 5) is 1.28. The zero-order chi connectivity index (χ0) is 21.1. The molecule has 0 aliphatic carbocycles. The third kappa shape index (κ3) is 3.83. The molecule has 1 atom stereocenters. The molecule has 3 aromatic carbocycles. The molecule has 0 radical (unpaired) electrons. The lowest BCUT2D eigenvalue weighted by Crippen LogP contribution is -2.04. The Bertz CT molecular complexity index is 1200. The molecule has 30 heavy (non-hydrogen) atoms. The number of tetrazole rings is 1. The maximum absolute atomic E-state index is 10.8. The Hall–Kier alpha value is -4.20. The van der Waals surface area contributed by atoms with Gasteiger partial charge >= 0.3 is 0 Å². The Morgan fingerprint density at radius 2 is 1.63 bits per heavy atom. The van der Waals surface area contributed by atoms with Crippen molar-refractivity contribution in [2.45, 2.75) is 12.8 Å². The smallest absolute Gasteiger partial charge is 0.173 e. The fourth-order valence-corrected chi connectivity index (χ4v) is 3.27. The van der Waals surface area contributed by atoms with Crippen molar-refractivity contribution < 1.29 is 15.3 Å². The van der Waals surface area contributed by atoms with Crippen LogP contribution >= 0.6 is 0 Å². The van der Waals surface area contributed by atoms with Gasteiger partial charge in [-0.15, -0.1) is 9.89 Å². The molecule has 0 aliphatic heterocycles. The molecule has 4 rings (SSSR count). The molecule has 0 amide bonds. The van der Waals surface area contributed by atoms with Gasteiger partial charge in [0.05, 0.1) is 6.21 Å². The molecule has 150 valence electrons. The van der Waals surface area contributed by atoms with E-state index in [1.54, 1.807) is 61.7 Å². The van der Waals surface area contributed by atoms with Crippen LogP contribution < -0.4 is 0 Å². The van der Waals surface area contributed by atoms with E-state index in [0.717, 1.165) is 5.56 Å². The van der Waals surface area contributed by atoms with Crippen LogP contribution in [0.3, 0.4) is 0 Å². The first-order valence-electron chi connectivity index (χ1n) is 9.22. The summed E-state index contributed by atoms with van der Waals surface area (Å²) in [7, 11) is 0. The summed E-state index contributed by atoms with van der Waals surface area (Å²) in [6, 6.07) is 18.9. The van der Waals surface area contributed by atoms with Gasteiger partial charge in [0.1, 0.15) is 17.2 Å². The average Bonchev–Trinajstić information content (AvgIpc) is 3.15. The van der Waals surface area contributed by atoms with Gasteiger partial charge in [-0.1, -0.05) is 42.5 Å². The number of hydrogen-bond donors (Lipinski definition) is 3. The summed E-state index contributed by atoms with van der Waals surface area (Å²) >= 11 is 0. The van der Waals surface area contributed by atoms with Gasteiger partial charge in [0.25, 0.3) is 0 Å². The van der Waals surface area contributed by atoms with Crippen molar-refractivity contribution in [3.63, 3.8) is 0 Å². The van der Waals surface area contributed by atoms with Gasteiger partial charge in [0.2, 0.25) is 0 Å². The minimum absolute atomic E-state index is 0.0497. The molecule has 8 heteroatoms. The maximum atomic E-state index is 10.8. The predicted molar refractivity (Wildman–Crippen MR) is 111 cm³/mol. The first-order valence-corrected chi connectivity index (χ1v) is 9.22. The summed E-state index contributed by atoms with van der Waals surface area (Å²) in [5.41, 5.74) is 2.73. The van der Waals surface area contributed by atoms with Gasteiger partial charge in [-0.3, -0.25) is 0 Å². The zero-order valence-electron chi connectivity index (χ0n) is 16.1. The Labute approximate surface area is 172 Å². The van der Waals surface area contributed by atoms with Crippen LogP contribution in [-0.2, 0) is 0 Å². The number of para-hydroxylation sites is 1. The summed E-state index contributed by atoms with van der Waals surface area (Å²) in [6.45, 7) is 1.73. The minimum Gasteiger partial charge on any atom is -0.508 e. The third-order valence-corrected chi connectivity index (χ3v) is 4.76. The van der Waals surface area contributed by atoms with E-state index in [2.05, 4.69) is 20.6 Å². The summed E-state index contributed by atoms with van der Waals surface area (Å²) in [5.74, 6) is 0.422. The molecular weight excluding hydrogens is 382 g/mol. The van der Waals surface area contributed by atoms with Crippen LogP contribution in [0.4, 0.5) is 0 Å². The standard InChI is InChI=1S/C22H19N5O3/c1-14-24-25-26-27(14)23-13-15-6-11-19(21(30)12-15)22(16-7-9-17(28)10-8-16)18-4-2-3-5-20(18)29/h2-13,22,28-30H,1H3. The molecule has 0 saturated heterocycles. The van der Waals surface area contributed by atoms with E-state index in [1.807, 2.05) is 18.2 Å². The van der Waals surface area contributed by atoms with Crippen molar-refractivity contribution >= 4 is 6.21 Å². The van der Waals surface area contributed by atoms with Crippen LogP contribution in [0.15, 0.2) is 71.8 Å². The molecule has 1 aromatic heterocycles. The van der Waals surface area contributed by atoms with Crippen LogP contribution in [-0.4, -0.2) is 41.9 Å². The number of rotatable bonds is 5. The van der Waals surface area contributed by atoms with E-state index >= 15 is 0 Å². The van der Waals surface area contributed by atoms with Crippen LogP contribution in [0, 0.1) is 6.92 Å². The lowest BCUT2D eigenvalue weighted by Gasteiger charge is -2.21. The highest BCUT2D eigenvalue weighted by Crippen LogP contribution is 2.40. The summed E-state index contributed by atoms with van der Waals surface area (Å²) < 4.78 is 0. The van der Waals surface area contributed by atoms with Gasteiger partial charge in [-0.2, -0.15) is 5.10 Å². The van der Waals surface area contributed by atoms with Crippen molar-refractivity contribution in [1.29, 1.82) is 0 Å². The van der Waals surface area contributed by atoms with Crippen molar-refractivity contribution in [2.75, 3.05) is 0 Å². The predicted octanol–water partition coefficient (Wildman–Crippen LogP) is 3.16. The van der Waals surface area contributed by atoms with Gasteiger partial charge in [0.15, 0.2) is 5.82 Å². The summed E-state index contributed by atoms with van der Waals surface area (Å²) in [6.07, 6.45) is 1.54. The molecule has 0 fully saturated rings. The summed E-state index contributed by atoms with van der Waals surface area (Å²) in [5, 5.41) is 46.1. The number of aromatic nitrogens is 4. The quantitative estimate of drug-likeness (QED) is 0.349. The molecule has 1 heterocycles. The molecule has 4 aromatic rings. The molecule has 0 aliphatic rings. The number of benzene rings is 3. The second-order valence-corrected chi connectivity index (χ2v) is 6.76. The highest BCUT2D eigenvalue weighted by molar-refractivity contribution is 5.80. The van der Waals surface area contributed by atoms with E-state index in [9.17, 15) is 15.3 Å². The van der Waals surface area contributed by atoms with Crippen molar-refractivity contribution in [1.82, 2.24) is 20.3 Å². The maximum Gasteiger partial charge on any atom is 0.173 e. The lowest BCUT2D eigenvalue weighted by atomic mass is 9.84. The number of hydrogen-bond acceptors (Lipinski definition) is 7. The fourth-order valence-electron chi connectivity index (χ4n) is 3.27. The number of phenolic OH excluding ortho intramolecular Hbond substituents is 3. The normalized spacial score (nSPS) is 12.3. The van der Waals surface area contributed by atoms with E-state index in [0.29, 0.717) is 22.5 Å². The fraction of sp³-hybridized carbons (Fsp3) is 0.0909. The Kier molecular flexibility index (Phi) is 5.13. The van der Waals surface area contributed by atoms with E-state index in [-0.39, 0.29) is 17.2 Å². The van der Waals surface area contributed by atoms with E-state index in [4.69, 9.17) is 0 Å². The van der Waals surface area contributed by atoms with Crippen LogP contribution in [0.5, 0.6) is 17.2 Å². The molecular formula is C22H19N5O3. The highest BCUT2D eigenvalue weighted by atomic mass is 16.3. The number of aryl methyl sites for hydroxylation is 1. The number of aromatic hydroxyl groups is 3. The second kappa shape index (κ2) is 8.04. The topological polar surface area (TPSA) is 117 Å². The van der Waals surface area contributed by atoms with E-state index in [1.165, 1.54) is 4.79 Å². The van der Waals surface area contributed by atoms with Crippen molar-refractivity contribution in [3.05, 3.63) is 94.8 Å². The lowest BCUT2D eigenvalue weighted by molar-refractivity contribution is 0.458.